The van der Waals surface area contributed by atoms with E-state index in [1.54, 1.807) is 6.20 Å². The molecule has 2 aromatic heterocycles. The Balaban J connectivity index is 1.42. The van der Waals surface area contributed by atoms with Gasteiger partial charge in [-0.1, -0.05) is 18.6 Å². The molecule has 3 heterocycles. The fraction of sp³-hybridized carbons (Fsp3) is 0.500. The maximum Gasteiger partial charge on any atom is 0.253 e. The number of aliphatic hydroxyl groups is 1. The summed E-state index contributed by atoms with van der Waals surface area (Å²) < 4.78 is 5.58. The van der Waals surface area contributed by atoms with Crippen molar-refractivity contribution in [2.24, 2.45) is 5.41 Å². The van der Waals surface area contributed by atoms with Crippen LogP contribution >= 0.6 is 0 Å². The van der Waals surface area contributed by atoms with Gasteiger partial charge in [-0.15, -0.1) is 0 Å². The standard InChI is InChI=1S/C28H36N4O3/c1-32(2)16-22-12-20(4-5-23(22)19-6-10-35-11-7-19)21-13-24-25(15-30-26(24)29-14-21)27(34)31-17-28(18-33)8-3-9-28/h4-5,12-15,19,33H,3,6-11,16-18H2,1-2H3,(H,29,30)(H,31,34). The maximum atomic E-state index is 13.0. The van der Waals surface area contributed by atoms with E-state index in [-0.39, 0.29) is 17.9 Å². The summed E-state index contributed by atoms with van der Waals surface area (Å²) in [6, 6.07) is 8.79. The van der Waals surface area contributed by atoms with E-state index in [0.29, 0.717) is 23.7 Å². The van der Waals surface area contributed by atoms with E-state index in [2.05, 4.69) is 58.5 Å². The molecule has 3 aromatic rings. The van der Waals surface area contributed by atoms with Crippen molar-refractivity contribution in [1.82, 2.24) is 20.2 Å². The minimum Gasteiger partial charge on any atom is -0.396 e. The lowest BCUT2D eigenvalue weighted by Crippen LogP contribution is -2.44. The van der Waals surface area contributed by atoms with Crippen LogP contribution in [-0.2, 0) is 11.3 Å². The number of hydrogen-bond acceptors (Lipinski definition) is 5. The van der Waals surface area contributed by atoms with E-state index in [1.165, 1.54) is 11.1 Å². The molecule has 0 unspecified atom stereocenters. The summed E-state index contributed by atoms with van der Waals surface area (Å²) in [5.74, 6) is 0.407. The van der Waals surface area contributed by atoms with Crippen LogP contribution in [-0.4, -0.2) is 66.3 Å². The number of rotatable bonds is 8. The average molecular weight is 477 g/mol. The van der Waals surface area contributed by atoms with Gasteiger partial charge in [-0.2, -0.15) is 0 Å². The molecule has 7 heteroatoms. The van der Waals surface area contributed by atoms with Crippen LogP contribution in [0.1, 0.15) is 59.5 Å². The number of pyridine rings is 1. The summed E-state index contributed by atoms with van der Waals surface area (Å²) in [7, 11) is 4.20. The smallest absolute Gasteiger partial charge is 0.253 e. The Kier molecular flexibility index (Phi) is 6.91. The van der Waals surface area contributed by atoms with Crippen molar-refractivity contribution in [2.75, 3.05) is 40.5 Å². The first-order valence-electron chi connectivity index (χ1n) is 12.7. The molecule has 1 amide bonds. The van der Waals surface area contributed by atoms with E-state index in [1.807, 2.05) is 6.20 Å². The van der Waals surface area contributed by atoms with Crippen LogP contribution in [0.2, 0.25) is 0 Å². The number of fused-ring (bicyclic) bond motifs is 1. The predicted octanol–water partition coefficient (Wildman–Crippen LogP) is 4.08. The van der Waals surface area contributed by atoms with Crippen LogP contribution in [0.4, 0.5) is 0 Å². The lowest BCUT2D eigenvalue weighted by Gasteiger charge is -2.40. The van der Waals surface area contributed by atoms with E-state index >= 15 is 0 Å². The van der Waals surface area contributed by atoms with E-state index in [0.717, 1.165) is 68.4 Å². The van der Waals surface area contributed by atoms with Crippen LogP contribution in [0.3, 0.4) is 0 Å². The number of H-pyrrole nitrogens is 1. The average Bonchev–Trinajstić information content (AvgIpc) is 3.27. The second-order valence-electron chi connectivity index (χ2n) is 10.6. The predicted molar refractivity (Wildman–Crippen MR) is 137 cm³/mol. The first-order chi connectivity index (χ1) is 17.0. The normalized spacial score (nSPS) is 18.1. The second kappa shape index (κ2) is 10.1. The van der Waals surface area contributed by atoms with Gasteiger partial charge in [-0.25, -0.2) is 4.98 Å². The van der Waals surface area contributed by atoms with Crippen molar-refractivity contribution in [3.63, 3.8) is 0 Å². The first-order valence-corrected chi connectivity index (χ1v) is 12.7. The molecule has 1 aliphatic heterocycles. The van der Waals surface area contributed by atoms with Crippen molar-refractivity contribution < 1.29 is 14.6 Å². The van der Waals surface area contributed by atoms with Gasteiger partial charge in [0.1, 0.15) is 5.65 Å². The van der Waals surface area contributed by atoms with Gasteiger partial charge < -0.3 is 25.0 Å². The monoisotopic (exact) mass is 476 g/mol. The minimum absolute atomic E-state index is 0.117. The molecule has 0 bridgehead atoms. The summed E-state index contributed by atoms with van der Waals surface area (Å²) in [5, 5.41) is 13.6. The number of carbonyl (C=O) groups is 1. The summed E-state index contributed by atoms with van der Waals surface area (Å²) >= 11 is 0. The molecular formula is C28H36N4O3. The Morgan fingerprint density at radius 1 is 1.23 bits per heavy atom. The molecule has 2 aliphatic rings. The Hall–Kier alpha value is -2.74. The van der Waals surface area contributed by atoms with Crippen molar-refractivity contribution in [3.05, 3.63) is 53.3 Å². The number of nitrogens with one attached hydrogen (secondary N) is 2. The van der Waals surface area contributed by atoms with Crippen LogP contribution in [0.15, 0.2) is 36.7 Å². The van der Waals surface area contributed by atoms with Gasteiger partial charge in [0, 0.05) is 55.1 Å². The topological polar surface area (TPSA) is 90.5 Å². The fourth-order valence-corrected chi connectivity index (χ4v) is 5.45. The summed E-state index contributed by atoms with van der Waals surface area (Å²) in [6.45, 7) is 3.15. The van der Waals surface area contributed by atoms with Crippen LogP contribution < -0.4 is 5.32 Å². The summed E-state index contributed by atoms with van der Waals surface area (Å²) in [4.78, 5) is 23.0. The molecule has 35 heavy (non-hydrogen) atoms. The summed E-state index contributed by atoms with van der Waals surface area (Å²) in [5.41, 5.74) is 5.99. The van der Waals surface area contributed by atoms with Crippen LogP contribution in [0, 0.1) is 5.41 Å². The molecule has 0 atom stereocenters. The molecule has 1 aromatic carbocycles. The highest BCUT2D eigenvalue weighted by Crippen LogP contribution is 2.40. The number of benzene rings is 1. The Morgan fingerprint density at radius 2 is 2.03 bits per heavy atom. The molecule has 1 saturated carbocycles. The molecule has 0 spiro atoms. The molecule has 186 valence electrons. The van der Waals surface area contributed by atoms with Gasteiger partial charge >= 0.3 is 0 Å². The largest absolute Gasteiger partial charge is 0.396 e. The third kappa shape index (κ3) is 4.99. The van der Waals surface area contributed by atoms with Gasteiger partial charge in [-0.3, -0.25) is 4.79 Å². The van der Waals surface area contributed by atoms with Crippen LogP contribution in [0.5, 0.6) is 0 Å². The maximum absolute atomic E-state index is 13.0. The zero-order valence-electron chi connectivity index (χ0n) is 20.8. The number of ether oxygens (including phenoxy) is 1. The molecule has 5 rings (SSSR count). The molecule has 1 aliphatic carbocycles. The molecule has 7 nitrogen and oxygen atoms in total. The highest BCUT2D eigenvalue weighted by atomic mass is 16.5. The Morgan fingerprint density at radius 3 is 2.71 bits per heavy atom. The number of aromatic nitrogens is 2. The highest BCUT2D eigenvalue weighted by molar-refractivity contribution is 6.06. The third-order valence-corrected chi connectivity index (χ3v) is 7.77. The molecule has 0 radical (unpaired) electrons. The van der Waals surface area contributed by atoms with Gasteiger partial charge in [0.15, 0.2) is 0 Å². The SMILES string of the molecule is CN(C)Cc1cc(-c2cnc3[nH]cc(C(=O)NCC4(CO)CCC4)c3c2)ccc1C1CCOCC1. The van der Waals surface area contributed by atoms with Gasteiger partial charge in [0.25, 0.3) is 5.91 Å². The molecule has 3 N–H and O–H groups in total. The third-order valence-electron chi connectivity index (χ3n) is 7.77. The molecular weight excluding hydrogens is 440 g/mol. The molecule has 2 fully saturated rings. The highest BCUT2D eigenvalue weighted by Gasteiger charge is 2.36. The lowest BCUT2D eigenvalue weighted by atomic mass is 9.69. The minimum atomic E-state index is -0.153. The number of aromatic amines is 1. The molecule has 1 saturated heterocycles. The Labute approximate surface area is 206 Å². The number of hydrogen-bond donors (Lipinski definition) is 3. The van der Waals surface area contributed by atoms with Crippen molar-refractivity contribution in [2.45, 2.75) is 44.6 Å². The number of amides is 1. The first kappa shape index (κ1) is 24.0. The lowest BCUT2D eigenvalue weighted by molar-refractivity contribution is 0.0429. The quantitative estimate of drug-likeness (QED) is 0.456. The number of carbonyl (C=O) groups excluding carboxylic acids is 1. The van der Waals surface area contributed by atoms with Crippen LogP contribution in [0.25, 0.3) is 22.2 Å². The van der Waals surface area contributed by atoms with Crippen molar-refractivity contribution >= 4 is 16.9 Å². The zero-order chi connectivity index (χ0) is 24.4. The Bertz CT molecular complexity index is 1190. The van der Waals surface area contributed by atoms with Gasteiger partial charge in [-0.05, 0) is 74.5 Å². The number of nitrogens with zero attached hydrogens (tertiary/aromatic N) is 2. The fourth-order valence-electron chi connectivity index (χ4n) is 5.45. The zero-order valence-corrected chi connectivity index (χ0v) is 20.8. The van der Waals surface area contributed by atoms with Gasteiger partial charge in [0.05, 0.1) is 12.2 Å². The van der Waals surface area contributed by atoms with Crippen molar-refractivity contribution in [3.8, 4) is 11.1 Å². The second-order valence-corrected chi connectivity index (χ2v) is 10.6. The van der Waals surface area contributed by atoms with Crippen molar-refractivity contribution in [1.29, 1.82) is 0 Å². The van der Waals surface area contributed by atoms with Gasteiger partial charge in [0.2, 0.25) is 0 Å². The van der Waals surface area contributed by atoms with E-state index in [9.17, 15) is 9.90 Å². The van der Waals surface area contributed by atoms with E-state index < -0.39 is 0 Å². The van der Waals surface area contributed by atoms with E-state index in [4.69, 9.17) is 4.74 Å². The number of aliphatic hydroxyl groups excluding tert-OH is 1. The summed E-state index contributed by atoms with van der Waals surface area (Å²) in [6.07, 6.45) is 8.76.